The van der Waals surface area contributed by atoms with Crippen LogP contribution >= 0.6 is 11.6 Å². The second kappa shape index (κ2) is 6.51. The third-order valence-electron chi connectivity index (χ3n) is 4.39. The molecule has 4 aromatic rings. The number of benzene rings is 2. The van der Waals surface area contributed by atoms with E-state index in [2.05, 4.69) is 5.10 Å². The maximum absolute atomic E-state index is 13.0. The highest BCUT2D eigenvalue weighted by Gasteiger charge is 2.14. The molecule has 0 aliphatic rings. The molecule has 4 rings (SSSR count). The van der Waals surface area contributed by atoms with E-state index in [0.717, 1.165) is 5.56 Å². The Balaban J connectivity index is 1.84. The third-order valence-corrected chi connectivity index (χ3v) is 4.80. The van der Waals surface area contributed by atoms with Crippen molar-refractivity contribution in [3.8, 4) is 5.69 Å². The van der Waals surface area contributed by atoms with Crippen molar-refractivity contribution in [3.05, 3.63) is 97.7 Å². The van der Waals surface area contributed by atoms with Gasteiger partial charge in [0.25, 0.3) is 0 Å². The smallest absolute Gasteiger partial charge is 0.279 e. The summed E-state index contributed by atoms with van der Waals surface area (Å²) in [5.74, 6) is -0.360. The number of hydrogen-bond acceptors (Lipinski definition) is 3. The number of rotatable bonds is 3. The molecule has 0 fully saturated rings. The molecule has 0 N–H and O–H groups in total. The van der Waals surface area contributed by atoms with E-state index in [9.17, 15) is 14.0 Å². The summed E-state index contributed by atoms with van der Waals surface area (Å²) in [5, 5.41) is 4.72. The summed E-state index contributed by atoms with van der Waals surface area (Å²) >= 11 is 6.15. The van der Waals surface area contributed by atoms with Crippen LogP contribution < -0.4 is 11.2 Å². The van der Waals surface area contributed by atoms with E-state index in [0.29, 0.717) is 16.3 Å². The summed E-state index contributed by atoms with van der Waals surface area (Å²) < 4.78 is 16.8. The summed E-state index contributed by atoms with van der Waals surface area (Å²) in [6.07, 6.45) is 3.01. The molecule has 0 bridgehead atoms. The Hall–Kier alpha value is -3.19. The fourth-order valence-electron chi connectivity index (χ4n) is 2.92. The average Bonchev–Trinajstić information content (AvgIpc) is 2.97. The maximum Gasteiger partial charge on any atom is 0.350 e. The van der Waals surface area contributed by atoms with Crippen molar-refractivity contribution >= 4 is 17.2 Å². The molecule has 2 aromatic heterocycles. The molecule has 0 radical (unpaired) electrons. The zero-order valence-electron chi connectivity index (χ0n) is 14.3. The summed E-state index contributed by atoms with van der Waals surface area (Å²) in [4.78, 5) is 25.4. The van der Waals surface area contributed by atoms with Crippen LogP contribution in [-0.4, -0.2) is 18.7 Å². The molecule has 0 aliphatic heterocycles. The molecule has 0 unspecified atom stereocenters. The standard InChI is InChI=1S/C19H14ClFN4O2/c1-12-15(20)3-2-4-16(12)23-9-10-24-17(18(23)26)22-25(19(24)27)11-13-5-7-14(21)8-6-13/h2-10H,11H2,1H3. The minimum absolute atomic E-state index is 0.00369. The second-order valence-corrected chi connectivity index (χ2v) is 6.52. The van der Waals surface area contributed by atoms with Crippen LogP contribution in [0.1, 0.15) is 11.1 Å². The highest BCUT2D eigenvalue weighted by atomic mass is 35.5. The zero-order chi connectivity index (χ0) is 19.1. The summed E-state index contributed by atoms with van der Waals surface area (Å²) in [6, 6.07) is 11.0. The average molecular weight is 385 g/mol. The van der Waals surface area contributed by atoms with Gasteiger partial charge in [0.2, 0.25) is 5.65 Å². The minimum Gasteiger partial charge on any atom is -0.279 e. The van der Waals surface area contributed by atoms with Crippen LogP contribution in [0.2, 0.25) is 5.02 Å². The Morgan fingerprint density at radius 3 is 2.56 bits per heavy atom. The fraction of sp³-hybridized carbons (Fsp3) is 0.105. The Bertz CT molecular complexity index is 1270. The van der Waals surface area contributed by atoms with E-state index in [-0.39, 0.29) is 18.0 Å². The van der Waals surface area contributed by atoms with Gasteiger partial charge in [0.05, 0.1) is 12.2 Å². The van der Waals surface area contributed by atoms with Gasteiger partial charge in [-0.3, -0.25) is 9.36 Å². The van der Waals surface area contributed by atoms with Gasteiger partial charge in [0, 0.05) is 17.4 Å². The van der Waals surface area contributed by atoms with Crippen molar-refractivity contribution < 1.29 is 4.39 Å². The fourth-order valence-corrected chi connectivity index (χ4v) is 3.09. The van der Waals surface area contributed by atoms with Crippen molar-refractivity contribution in [1.82, 2.24) is 18.7 Å². The first-order valence-corrected chi connectivity index (χ1v) is 8.54. The number of aromatic nitrogens is 4. The molecule has 0 atom stereocenters. The van der Waals surface area contributed by atoms with Crippen LogP contribution in [0.5, 0.6) is 0 Å². The molecule has 8 heteroatoms. The molecule has 27 heavy (non-hydrogen) atoms. The molecule has 6 nitrogen and oxygen atoms in total. The van der Waals surface area contributed by atoms with Crippen LogP contribution in [0.4, 0.5) is 4.39 Å². The van der Waals surface area contributed by atoms with Gasteiger partial charge in [-0.2, -0.15) is 0 Å². The van der Waals surface area contributed by atoms with Crippen molar-refractivity contribution in [2.75, 3.05) is 0 Å². The highest BCUT2D eigenvalue weighted by Crippen LogP contribution is 2.21. The third kappa shape index (κ3) is 2.96. The molecule has 0 aliphatic carbocycles. The second-order valence-electron chi connectivity index (χ2n) is 6.12. The van der Waals surface area contributed by atoms with Gasteiger partial charge in [-0.1, -0.05) is 29.8 Å². The lowest BCUT2D eigenvalue weighted by molar-refractivity contribution is 0.622. The van der Waals surface area contributed by atoms with Crippen LogP contribution in [0.25, 0.3) is 11.3 Å². The van der Waals surface area contributed by atoms with Gasteiger partial charge in [-0.05, 0) is 42.3 Å². The van der Waals surface area contributed by atoms with Crippen LogP contribution in [0.3, 0.4) is 0 Å². The Morgan fingerprint density at radius 1 is 1.07 bits per heavy atom. The van der Waals surface area contributed by atoms with Gasteiger partial charge in [-0.15, -0.1) is 5.10 Å². The van der Waals surface area contributed by atoms with Gasteiger partial charge >= 0.3 is 11.2 Å². The SMILES string of the molecule is Cc1c(Cl)cccc1-n1ccn2c(=O)n(Cc3ccc(F)cc3)nc2c1=O. The lowest BCUT2D eigenvalue weighted by Crippen LogP contribution is -2.24. The Labute approximate surface area is 157 Å². The van der Waals surface area contributed by atoms with Gasteiger partial charge in [-0.25, -0.2) is 18.3 Å². The molecule has 0 saturated heterocycles. The predicted octanol–water partition coefficient (Wildman–Crippen LogP) is 2.80. The predicted molar refractivity (Wildman–Crippen MR) is 100 cm³/mol. The molecule has 0 spiro atoms. The van der Waals surface area contributed by atoms with E-state index >= 15 is 0 Å². The Morgan fingerprint density at radius 2 is 1.81 bits per heavy atom. The van der Waals surface area contributed by atoms with Gasteiger partial charge in [0.1, 0.15) is 5.82 Å². The first-order chi connectivity index (χ1) is 13.0. The van der Waals surface area contributed by atoms with Crippen LogP contribution in [-0.2, 0) is 6.54 Å². The first-order valence-electron chi connectivity index (χ1n) is 8.16. The van der Waals surface area contributed by atoms with E-state index in [1.165, 1.54) is 38.2 Å². The summed E-state index contributed by atoms with van der Waals surface area (Å²) in [7, 11) is 0. The van der Waals surface area contributed by atoms with Crippen molar-refractivity contribution in [2.45, 2.75) is 13.5 Å². The molecular weight excluding hydrogens is 371 g/mol. The van der Waals surface area contributed by atoms with Crippen molar-refractivity contribution in [3.63, 3.8) is 0 Å². The molecule has 2 heterocycles. The van der Waals surface area contributed by atoms with E-state index in [4.69, 9.17) is 11.6 Å². The lowest BCUT2D eigenvalue weighted by Gasteiger charge is -2.09. The van der Waals surface area contributed by atoms with Crippen molar-refractivity contribution in [2.24, 2.45) is 0 Å². The van der Waals surface area contributed by atoms with Crippen LogP contribution in [0.15, 0.2) is 64.4 Å². The van der Waals surface area contributed by atoms with E-state index in [1.807, 2.05) is 6.92 Å². The number of hydrogen-bond donors (Lipinski definition) is 0. The first kappa shape index (κ1) is 17.2. The maximum atomic E-state index is 13.0. The molecule has 0 saturated carbocycles. The number of halogens is 2. The van der Waals surface area contributed by atoms with Crippen molar-refractivity contribution in [1.29, 1.82) is 0 Å². The molecular formula is C19H14ClFN4O2. The highest BCUT2D eigenvalue weighted by molar-refractivity contribution is 6.31. The summed E-state index contributed by atoms with van der Waals surface area (Å²) in [5.41, 5.74) is 1.20. The number of fused-ring (bicyclic) bond motifs is 1. The number of nitrogens with zero attached hydrogens (tertiary/aromatic N) is 4. The molecule has 2 aromatic carbocycles. The van der Waals surface area contributed by atoms with Crippen LogP contribution in [0, 0.1) is 12.7 Å². The molecule has 136 valence electrons. The van der Waals surface area contributed by atoms with Gasteiger partial charge in [0.15, 0.2) is 0 Å². The molecule has 0 amide bonds. The Kier molecular flexibility index (Phi) is 4.16. The van der Waals surface area contributed by atoms with E-state index in [1.54, 1.807) is 30.3 Å². The summed E-state index contributed by atoms with van der Waals surface area (Å²) in [6.45, 7) is 1.95. The lowest BCUT2D eigenvalue weighted by atomic mass is 10.2. The minimum atomic E-state index is -0.443. The normalized spacial score (nSPS) is 11.2. The zero-order valence-corrected chi connectivity index (χ0v) is 15.0. The monoisotopic (exact) mass is 384 g/mol. The quantitative estimate of drug-likeness (QED) is 0.545. The topological polar surface area (TPSA) is 61.3 Å². The van der Waals surface area contributed by atoms with E-state index < -0.39 is 11.2 Å². The largest absolute Gasteiger partial charge is 0.350 e. The van der Waals surface area contributed by atoms with Gasteiger partial charge < -0.3 is 0 Å².